The van der Waals surface area contributed by atoms with Gasteiger partial charge in [-0.15, -0.1) is 0 Å². The third kappa shape index (κ3) is 1.33. The minimum Gasteiger partial charge on any atom is -0.508 e. The second-order valence-corrected chi connectivity index (χ2v) is 5.40. The van der Waals surface area contributed by atoms with Crippen molar-refractivity contribution in [3.05, 3.63) is 53.6 Å². The number of H-pyrrole nitrogens is 1. The van der Waals surface area contributed by atoms with Crippen LogP contribution < -0.4 is 0 Å². The van der Waals surface area contributed by atoms with Crippen LogP contribution in [0.25, 0.3) is 32.6 Å². The Morgan fingerprint density at radius 3 is 2.30 bits per heavy atom. The number of fused-ring (bicyclic) bond motifs is 4. The average molecular weight is 261 g/mol. The van der Waals surface area contributed by atoms with Gasteiger partial charge in [0.25, 0.3) is 0 Å². The summed E-state index contributed by atoms with van der Waals surface area (Å²) in [4.78, 5) is 3.50. The van der Waals surface area contributed by atoms with Gasteiger partial charge >= 0.3 is 0 Å². The van der Waals surface area contributed by atoms with Crippen molar-refractivity contribution in [2.45, 2.75) is 13.8 Å². The van der Waals surface area contributed by atoms with Crippen LogP contribution in [0.2, 0.25) is 0 Å². The molecule has 1 heterocycles. The zero-order valence-corrected chi connectivity index (χ0v) is 11.5. The SMILES string of the molecule is Cc1c2ccccc2c(C)c2c1[nH]c1ccc(O)cc12. The summed E-state index contributed by atoms with van der Waals surface area (Å²) < 4.78 is 0. The lowest BCUT2D eigenvalue weighted by atomic mass is 9.96. The Morgan fingerprint density at radius 1 is 0.850 bits per heavy atom. The van der Waals surface area contributed by atoms with Crippen LogP contribution in [0.3, 0.4) is 0 Å². The summed E-state index contributed by atoms with van der Waals surface area (Å²) >= 11 is 0. The smallest absolute Gasteiger partial charge is 0.116 e. The van der Waals surface area contributed by atoms with Gasteiger partial charge in [0.15, 0.2) is 0 Å². The monoisotopic (exact) mass is 261 g/mol. The third-order valence-corrected chi connectivity index (χ3v) is 4.27. The number of aromatic amines is 1. The Labute approximate surface area is 116 Å². The molecule has 3 aromatic carbocycles. The highest BCUT2D eigenvalue weighted by Crippen LogP contribution is 2.37. The molecule has 1 aromatic heterocycles. The van der Waals surface area contributed by atoms with Crippen molar-refractivity contribution in [1.29, 1.82) is 0 Å². The van der Waals surface area contributed by atoms with E-state index in [0.717, 1.165) is 10.9 Å². The van der Waals surface area contributed by atoms with Crippen molar-refractivity contribution in [3.63, 3.8) is 0 Å². The van der Waals surface area contributed by atoms with Crippen LogP contribution in [0.4, 0.5) is 0 Å². The van der Waals surface area contributed by atoms with Gasteiger partial charge in [0.1, 0.15) is 5.75 Å². The molecule has 0 fully saturated rings. The van der Waals surface area contributed by atoms with Crippen LogP contribution in [0.1, 0.15) is 11.1 Å². The summed E-state index contributed by atoms with van der Waals surface area (Å²) in [5, 5.41) is 14.6. The maximum atomic E-state index is 9.77. The van der Waals surface area contributed by atoms with Crippen LogP contribution in [0, 0.1) is 13.8 Å². The molecule has 2 heteroatoms. The molecule has 20 heavy (non-hydrogen) atoms. The zero-order valence-electron chi connectivity index (χ0n) is 11.5. The van der Waals surface area contributed by atoms with E-state index < -0.39 is 0 Å². The van der Waals surface area contributed by atoms with Crippen molar-refractivity contribution in [2.24, 2.45) is 0 Å². The van der Waals surface area contributed by atoms with Crippen molar-refractivity contribution in [1.82, 2.24) is 4.98 Å². The van der Waals surface area contributed by atoms with Gasteiger partial charge in [0.2, 0.25) is 0 Å². The van der Waals surface area contributed by atoms with Crippen LogP contribution in [-0.4, -0.2) is 10.1 Å². The highest BCUT2D eigenvalue weighted by atomic mass is 16.3. The van der Waals surface area contributed by atoms with Gasteiger partial charge in [-0.25, -0.2) is 0 Å². The average Bonchev–Trinajstić information content (AvgIpc) is 2.84. The number of hydrogen-bond donors (Lipinski definition) is 2. The van der Waals surface area contributed by atoms with Gasteiger partial charge in [-0.2, -0.15) is 0 Å². The van der Waals surface area contributed by atoms with E-state index in [1.807, 2.05) is 12.1 Å². The summed E-state index contributed by atoms with van der Waals surface area (Å²) in [5.41, 5.74) is 4.76. The fourth-order valence-electron chi connectivity index (χ4n) is 3.26. The van der Waals surface area contributed by atoms with E-state index >= 15 is 0 Å². The van der Waals surface area contributed by atoms with E-state index in [-0.39, 0.29) is 0 Å². The van der Waals surface area contributed by atoms with E-state index in [0.29, 0.717) is 5.75 Å². The molecule has 0 aliphatic heterocycles. The Balaban J connectivity index is 2.36. The number of phenolic OH excluding ortho intramolecular Hbond substituents is 1. The fourth-order valence-corrected chi connectivity index (χ4v) is 3.26. The number of benzene rings is 3. The van der Waals surface area contributed by atoms with Gasteiger partial charge < -0.3 is 10.1 Å². The molecule has 0 saturated heterocycles. The van der Waals surface area contributed by atoms with E-state index in [4.69, 9.17) is 0 Å². The van der Waals surface area contributed by atoms with Crippen molar-refractivity contribution in [3.8, 4) is 5.75 Å². The number of rotatable bonds is 0. The van der Waals surface area contributed by atoms with Crippen LogP contribution in [-0.2, 0) is 0 Å². The van der Waals surface area contributed by atoms with Gasteiger partial charge in [-0.3, -0.25) is 0 Å². The molecule has 0 unspecified atom stereocenters. The standard InChI is InChI=1S/C18H15NO/c1-10-13-5-3-4-6-14(13)11(2)18-17(10)15-9-12(20)7-8-16(15)19-18/h3-9,19-20H,1-2H3. The van der Waals surface area contributed by atoms with Crippen LogP contribution in [0.5, 0.6) is 5.75 Å². The van der Waals surface area contributed by atoms with Crippen LogP contribution >= 0.6 is 0 Å². The first-order valence-electron chi connectivity index (χ1n) is 6.79. The van der Waals surface area contributed by atoms with E-state index in [9.17, 15) is 5.11 Å². The molecule has 0 atom stereocenters. The first-order valence-corrected chi connectivity index (χ1v) is 6.79. The van der Waals surface area contributed by atoms with E-state index in [2.05, 4.69) is 43.1 Å². The normalized spacial score (nSPS) is 11.7. The molecule has 4 rings (SSSR count). The fraction of sp³-hybridized carbons (Fsp3) is 0.111. The van der Waals surface area contributed by atoms with Gasteiger partial charge in [-0.05, 0) is 53.9 Å². The van der Waals surface area contributed by atoms with Gasteiger partial charge in [-0.1, -0.05) is 24.3 Å². The molecule has 98 valence electrons. The van der Waals surface area contributed by atoms with Crippen molar-refractivity contribution >= 4 is 32.6 Å². The number of phenols is 1. The molecule has 0 amide bonds. The highest BCUT2D eigenvalue weighted by molar-refractivity contribution is 6.16. The third-order valence-electron chi connectivity index (χ3n) is 4.27. The lowest BCUT2D eigenvalue weighted by molar-refractivity contribution is 0.476. The van der Waals surface area contributed by atoms with Crippen LogP contribution in [0.15, 0.2) is 42.5 Å². The quantitative estimate of drug-likeness (QED) is 0.469. The summed E-state index contributed by atoms with van der Waals surface area (Å²) in [6, 6.07) is 14.0. The first kappa shape index (κ1) is 11.4. The Morgan fingerprint density at radius 2 is 1.55 bits per heavy atom. The van der Waals surface area contributed by atoms with Crippen molar-refractivity contribution < 1.29 is 5.11 Å². The number of hydrogen-bond acceptors (Lipinski definition) is 1. The molecular formula is C18H15NO. The molecule has 0 saturated carbocycles. The number of aromatic hydroxyl groups is 1. The summed E-state index contributed by atoms with van der Waals surface area (Å²) in [6.45, 7) is 4.31. The van der Waals surface area contributed by atoms with E-state index in [1.54, 1.807) is 6.07 Å². The highest BCUT2D eigenvalue weighted by Gasteiger charge is 2.13. The molecule has 0 radical (unpaired) electrons. The molecular weight excluding hydrogens is 246 g/mol. The molecule has 0 aliphatic carbocycles. The topological polar surface area (TPSA) is 36.0 Å². The minimum atomic E-state index is 0.309. The maximum absolute atomic E-state index is 9.77. The Hall–Kier alpha value is -2.48. The zero-order chi connectivity index (χ0) is 13.9. The second kappa shape index (κ2) is 3.76. The summed E-state index contributed by atoms with van der Waals surface area (Å²) in [6.07, 6.45) is 0. The second-order valence-electron chi connectivity index (χ2n) is 5.40. The number of aryl methyl sites for hydroxylation is 2. The largest absolute Gasteiger partial charge is 0.508 e. The maximum Gasteiger partial charge on any atom is 0.116 e. The van der Waals surface area contributed by atoms with Crippen molar-refractivity contribution in [2.75, 3.05) is 0 Å². The molecule has 0 spiro atoms. The Kier molecular flexibility index (Phi) is 2.14. The van der Waals surface area contributed by atoms with E-state index in [1.165, 1.54) is 32.8 Å². The first-order chi connectivity index (χ1) is 9.66. The predicted octanol–water partition coefficient (Wildman–Crippen LogP) is 4.80. The number of nitrogens with one attached hydrogen (secondary N) is 1. The summed E-state index contributed by atoms with van der Waals surface area (Å²) in [5.74, 6) is 0.309. The van der Waals surface area contributed by atoms with Gasteiger partial charge in [0.05, 0.1) is 5.52 Å². The molecule has 4 aromatic rings. The molecule has 0 bridgehead atoms. The van der Waals surface area contributed by atoms with Gasteiger partial charge in [0, 0.05) is 16.3 Å². The summed E-state index contributed by atoms with van der Waals surface area (Å²) in [7, 11) is 0. The predicted molar refractivity (Wildman–Crippen MR) is 84.4 cm³/mol. The lowest BCUT2D eigenvalue weighted by Crippen LogP contribution is -1.86. The molecule has 2 nitrogen and oxygen atoms in total. The lowest BCUT2D eigenvalue weighted by Gasteiger charge is -2.08. The molecule has 2 N–H and O–H groups in total. The minimum absolute atomic E-state index is 0.309. The number of aromatic nitrogens is 1. The Bertz CT molecular complexity index is 979. The molecule has 0 aliphatic rings.